The lowest BCUT2D eigenvalue weighted by Gasteiger charge is -2.33. The molecular formula is C18H22N4O6. The molecule has 2 fully saturated rings. The fourth-order valence-corrected chi connectivity index (χ4v) is 3.39. The number of nitrogens with zero attached hydrogens (tertiary/aromatic N) is 2. The van der Waals surface area contributed by atoms with Crippen LogP contribution in [0.3, 0.4) is 0 Å². The van der Waals surface area contributed by atoms with Crippen molar-refractivity contribution in [2.24, 2.45) is 5.92 Å². The minimum Gasteiger partial charge on any atom is -0.454 e. The van der Waals surface area contributed by atoms with Crippen molar-refractivity contribution in [2.75, 3.05) is 6.61 Å². The van der Waals surface area contributed by atoms with Crippen molar-refractivity contribution >= 4 is 23.8 Å². The van der Waals surface area contributed by atoms with Gasteiger partial charge in [-0.1, -0.05) is 13.0 Å². The smallest absolute Gasteiger partial charge is 0.344 e. The molecule has 0 radical (unpaired) electrons. The average Bonchev–Trinajstić information content (AvgIpc) is 2.89. The number of rotatable bonds is 5. The minimum absolute atomic E-state index is 0.350. The molecule has 0 aromatic carbocycles. The fraction of sp³-hybridized carbons (Fsp3) is 0.500. The van der Waals surface area contributed by atoms with Gasteiger partial charge >= 0.3 is 12.0 Å². The van der Waals surface area contributed by atoms with Crippen LogP contribution in [0.25, 0.3) is 0 Å². The summed E-state index contributed by atoms with van der Waals surface area (Å²) in [7, 11) is 0. The van der Waals surface area contributed by atoms with Gasteiger partial charge in [0, 0.05) is 12.3 Å². The summed E-state index contributed by atoms with van der Waals surface area (Å²) >= 11 is 0. The third-order valence-electron chi connectivity index (χ3n) is 5.09. The summed E-state index contributed by atoms with van der Waals surface area (Å²) in [5.41, 5.74) is 0.829. The molecule has 150 valence electrons. The van der Waals surface area contributed by atoms with Crippen LogP contribution in [-0.2, 0) is 25.7 Å². The predicted molar refractivity (Wildman–Crippen MR) is 95.5 cm³/mol. The summed E-state index contributed by atoms with van der Waals surface area (Å²) < 4.78 is 5.94. The van der Waals surface area contributed by atoms with E-state index in [1.165, 1.54) is 18.3 Å². The van der Waals surface area contributed by atoms with E-state index < -0.39 is 36.0 Å². The van der Waals surface area contributed by atoms with E-state index in [2.05, 4.69) is 17.7 Å². The molecule has 3 rings (SSSR count). The molecule has 1 aliphatic carbocycles. The van der Waals surface area contributed by atoms with Crippen LogP contribution >= 0.6 is 0 Å². The van der Waals surface area contributed by atoms with E-state index in [0.29, 0.717) is 23.8 Å². The zero-order valence-electron chi connectivity index (χ0n) is 15.5. The maximum Gasteiger partial charge on any atom is 0.344 e. The van der Waals surface area contributed by atoms with Gasteiger partial charge in [-0.3, -0.25) is 24.6 Å². The molecule has 1 aromatic rings. The molecule has 1 spiro atoms. The standard InChI is InChI=1S/C18H22N4O6/c1-12-5-7-18(8-6-12)16(26)22(17(27)19-18)20-13(23)11-28-15(25)10-21-9-3-2-4-14(21)24/h2-4,9,12H,5-8,10-11H2,1H3,(H,19,27)(H,20,23). The van der Waals surface area contributed by atoms with Gasteiger partial charge in [-0.05, 0) is 37.7 Å². The Kier molecular flexibility index (Phi) is 5.48. The molecule has 4 amide bonds. The molecule has 0 unspecified atom stereocenters. The van der Waals surface area contributed by atoms with Crippen LogP contribution in [0.1, 0.15) is 32.6 Å². The Hall–Kier alpha value is -3.17. The summed E-state index contributed by atoms with van der Waals surface area (Å²) in [6.07, 6.45) is 4.08. The zero-order chi connectivity index (χ0) is 20.3. The Balaban J connectivity index is 1.51. The number of carbonyl (C=O) groups is 4. The highest BCUT2D eigenvalue weighted by Gasteiger charge is 2.52. The number of carbonyl (C=O) groups excluding carboxylic acids is 4. The molecule has 28 heavy (non-hydrogen) atoms. The number of esters is 1. The maximum absolute atomic E-state index is 12.6. The number of nitrogens with one attached hydrogen (secondary N) is 2. The summed E-state index contributed by atoms with van der Waals surface area (Å²) in [5, 5.41) is 3.32. The summed E-state index contributed by atoms with van der Waals surface area (Å²) in [6, 6.07) is 3.71. The number of pyridine rings is 1. The van der Waals surface area contributed by atoms with E-state index >= 15 is 0 Å². The highest BCUT2D eigenvalue weighted by Crippen LogP contribution is 2.35. The second-order valence-electron chi connectivity index (χ2n) is 7.20. The normalized spacial score (nSPS) is 24.2. The number of hydrogen-bond donors (Lipinski definition) is 2. The highest BCUT2D eigenvalue weighted by molar-refractivity contribution is 6.08. The lowest BCUT2D eigenvalue weighted by Crippen LogP contribution is -2.52. The number of urea groups is 1. The van der Waals surface area contributed by atoms with Crippen molar-refractivity contribution in [1.82, 2.24) is 20.3 Å². The molecule has 2 N–H and O–H groups in total. The number of ether oxygens (including phenoxy) is 1. The molecule has 10 heteroatoms. The molecule has 2 aliphatic rings. The van der Waals surface area contributed by atoms with Crippen LogP contribution in [0, 0.1) is 5.92 Å². The summed E-state index contributed by atoms with van der Waals surface area (Å²) in [4.78, 5) is 60.1. The van der Waals surface area contributed by atoms with Gasteiger partial charge in [0.05, 0.1) is 0 Å². The first-order valence-electron chi connectivity index (χ1n) is 9.08. The highest BCUT2D eigenvalue weighted by atomic mass is 16.5. The van der Waals surface area contributed by atoms with Crippen LogP contribution in [0.2, 0.25) is 0 Å². The lowest BCUT2D eigenvalue weighted by atomic mass is 9.77. The van der Waals surface area contributed by atoms with Gasteiger partial charge in [0.2, 0.25) is 0 Å². The van der Waals surface area contributed by atoms with Crippen LogP contribution in [0.5, 0.6) is 0 Å². The Bertz CT molecular complexity index is 856. The minimum atomic E-state index is -0.970. The number of hydrogen-bond acceptors (Lipinski definition) is 6. The van der Waals surface area contributed by atoms with Crippen LogP contribution in [-0.4, -0.2) is 45.5 Å². The molecule has 2 heterocycles. The molecule has 10 nitrogen and oxygen atoms in total. The Labute approximate surface area is 160 Å². The number of hydrazine groups is 1. The first kappa shape index (κ1) is 19.6. The van der Waals surface area contributed by atoms with Gasteiger partial charge < -0.3 is 14.6 Å². The van der Waals surface area contributed by atoms with E-state index in [9.17, 15) is 24.0 Å². The number of aromatic nitrogens is 1. The third kappa shape index (κ3) is 4.05. The summed E-state index contributed by atoms with van der Waals surface area (Å²) in [6.45, 7) is 1.06. The molecule has 0 atom stereocenters. The Morgan fingerprint density at radius 2 is 1.96 bits per heavy atom. The van der Waals surface area contributed by atoms with E-state index in [1.54, 1.807) is 6.07 Å². The molecule has 1 saturated heterocycles. The van der Waals surface area contributed by atoms with Crippen molar-refractivity contribution in [2.45, 2.75) is 44.7 Å². The monoisotopic (exact) mass is 390 g/mol. The quantitative estimate of drug-likeness (QED) is 0.535. The third-order valence-corrected chi connectivity index (χ3v) is 5.09. The van der Waals surface area contributed by atoms with Crippen molar-refractivity contribution in [3.8, 4) is 0 Å². The summed E-state index contributed by atoms with van der Waals surface area (Å²) in [5.74, 6) is -1.63. The molecular weight excluding hydrogens is 368 g/mol. The first-order valence-corrected chi connectivity index (χ1v) is 9.08. The van der Waals surface area contributed by atoms with Gasteiger partial charge in [0.15, 0.2) is 6.61 Å². The predicted octanol–water partition coefficient (Wildman–Crippen LogP) is -0.0766. The second kappa shape index (κ2) is 7.83. The van der Waals surface area contributed by atoms with E-state index in [4.69, 9.17) is 4.74 Å². The SMILES string of the molecule is CC1CCC2(CC1)NC(=O)N(NC(=O)COC(=O)Cn1ccccc1=O)C2=O. The van der Waals surface area contributed by atoms with Crippen LogP contribution in [0.4, 0.5) is 4.79 Å². The van der Waals surface area contributed by atoms with E-state index in [-0.39, 0.29) is 12.1 Å². The lowest BCUT2D eigenvalue weighted by molar-refractivity contribution is -0.151. The number of amides is 4. The van der Waals surface area contributed by atoms with Gasteiger partial charge in [-0.2, -0.15) is 5.01 Å². The Morgan fingerprint density at radius 3 is 2.64 bits per heavy atom. The molecule has 1 saturated carbocycles. The maximum atomic E-state index is 12.6. The molecule has 0 bridgehead atoms. The van der Waals surface area contributed by atoms with Gasteiger partial charge in [-0.25, -0.2) is 4.79 Å². The van der Waals surface area contributed by atoms with Crippen molar-refractivity contribution in [1.29, 1.82) is 0 Å². The van der Waals surface area contributed by atoms with Crippen molar-refractivity contribution < 1.29 is 23.9 Å². The van der Waals surface area contributed by atoms with Crippen LogP contribution in [0.15, 0.2) is 29.2 Å². The topological polar surface area (TPSA) is 127 Å². The average molecular weight is 390 g/mol. The Morgan fingerprint density at radius 1 is 1.25 bits per heavy atom. The number of imide groups is 1. The van der Waals surface area contributed by atoms with Crippen molar-refractivity contribution in [3.63, 3.8) is 0 Å². The van der Waals surface area contributed by atoms with Gasteiger partial charge in [-0.15, -0.1) is 0 Å². The van der Waals surface area contributed by atoms with E-state index in [1.807, 2.05) is 0 Å². The molecule has 1 aromatic heterocycles. The largest absolute Gasteiger partial charge is 0.454 e. The van der Waals surface area contributed by atoms with Gasteiger partial charge in [0.1, 0.15) is 12.1 Å². The second-order valence-corrected chi connectivity index (χ2v) is 7.20. The van der Waals surface area contributed by atoms with E-state index in [0.717, 1.165) is 17.4 Å². The van der Waals surface area contributed by atoms with Gasteiger partial charge in [0.25, 0.3) is 17.4 Å². The fourth-order valence-electron chi connectivity index (χ4n) is 3.39. The van der Waals surface area contributed by atoms with Crippen molar-refractivity contribution in [3.05, 3.63) is 34.7 Å². The zero-order valence-corrected chi connectivity index (χ0v) is 15.5. The van der Waals surface area contributed by atoms with Crippen LogP contribution < -0.4 is 16.3 Å². The molecule has 1 aliphatic heterocycles. The first-order chi connectivity index (χ1) is 13.3.